The predicted molar refractivity (Wildman–Crippen MR) is 105 cm³/mol. The van der Waals surface area contributed by atoms with Gasteiger partial charge in [0.05, 0.1) is 10.0 Å². The molecule has 0 fully saturated rings. The van der Waals surface area contributed by atoms with E-state index in [4.69, 9.17) is 27.9 Å². The molecule has 0 saturated carbocycles. The number of hydrogen-bond donors (Lipinski definition) is 2. The lowest BCUT2D eigenvalue weighted by atomic mass is 10.1. The van der Waals surface area contributed by atoms with Gasteiger partial charge in [0, 0.05) is 24.4 Å². The van der Waals surface area contributed by atoms with Gasteiger partial charge in [-0.15, -0.1) is 5.10 Å². The molecule has 2 heterocycles. The molecule has 10 nitrogen and oxygen atoms in total. The average molecular weight is 440 g/mol. The van der Waals surface area contributed by atoms with E-state index in [0.29, 0.717) is 5.56 Å². The minimum absolute atomic E-state index is 0.0365. The number of nitrogens with one attached hydrogen (secondary N) is 2. The fraction of sp³-hybridized carbons (Fsp3) is 0.235. The molecule has 12 heteroatoms. The van der Waals surface area contributed by atoms with Crippen molar-refractivity contribution in [2.75, 3.05) is 5.32 Å². The first kappa shape index (κ1) is 20.6. The molecule has 0 aliphatic carbocycles. The zero-order valence-corrected chi connectivity index (χ0v) is 17.0. The number of aryl methyl sites for hydroxylation is 1. The smallest absolute Gasteiger partial charge is 0.434 e. The predicted octanol–water partition coefficient (Wildman–Crippen LogP) is 2.93. The first-order chi connectivity index (χ1) is 13.7. The third-order valence-corrected chi connectivity index (χ3v) is 4.37. The van der Waals surface area contributed by atoms with Gasteiger partial charge in [-0.05, 0) is 23.2 Å². The monoisotopic (exact) mass is 439 g/mol. The second-order valence-corrected chi connectivity index (χ2v) is 7.10. The summed E-state index contributed by atoms with van der Waals surface area (Å²) in [5.74, 6) is -1.69. The number of carbonyl (C=O) groups excluding carboxylic acids is 1. The highest BCUT2D eigenvalue weighted by molar-refractivity contribution is 6.37. The van der Waals surface area contributed by atoms with Crippen LogP contribution in [0.5, 0.6) is 11.6 Å². The van der Waals surface area contributed by atoms with Crippen molar-refractivity contribution in [2.24, 2.45) is 7.05 Å². The van der Waals surface area contributed by atoms with Gasteiger partial charge in [0.1, 0.15) is 0 Å². The maximum absolute atomic E-state index is 12.1. The second kappa shape index (κ2) is 8.10. The van der Waals surface area contributed by atoms with Gasteiger partial charge in [0.25, 0.3) is 11.5 Å². The summed E-state index contributed by atoms with van der Waals surface area (Å²) >= 11 is 12.5. The number of H-pyrrole nitrogens is 1. The third kappa shape index (κ3) is 4.49. The molecule has 0 bridgehead atoms. The van der Waals surface area contributed by atoms with Crippen LogP contribution < -0.4 is 21.4 Å². The van der Waals surface area contributed by atoms with Crippen LogP contribution in [0.25, 0.3) is 0 Å². The van der Waals surface area contributed by atoms with E-state index in [0.717, 1.165) is 0 Å². The highest BCUT2D eigenvalue weighted by Gasteiger charge is 2.17. The standard InChI is InChI=1S/C17H15Cl2N5O5/c1-7(2)9-6-12(22-24(3)16(9)26)28-13-10(18)4-8(5-11(13)19)20-15(25)14-21-17(27)29-23-14/h4-7H,1-3H3,(H,20,25)(H,21,23,27). The van der Waals surface area contributed by atoms with Gasteiger partial charge in [-0.3, -0.25) is 19.1 Å². The first-order valence-corrected chi connectivity index (χ1v) is 9.03. The summed E-state index contributed by atoms with van der Waals surface area (Å²) in [7, 11) is 1.51. The van der Waals surface area contributed by atoms with Crippen LogP contribution in [0.4, 0.5) is 5.69 Å². The number of anilines is 1. The number of aromatic amines is 1. The quantitative estimate of drug-likeness (QED) is 0.624. The van der Waals surface area contributed by atoms with E-state index in [1.807, 2.05) is 13.8 Å². The van der Waals surface area contributed by atoms with Gasteiger partial charge in [-0.1, -0.05) is 37.0 Å². The Morgan fingerprint density at radius 2 is 1.90 bits per heavy atom. The minimum Gasteiger partial charge on any atom is -0.434 e. The maximum atomic E-state index is 12.1. The highest BCUT2D eigenvalue weighted by Crippen LogP contribution is 2.38. The number of carbonyl (C=O) groups is 1. The molecule has 1 amide bonds. The van der Waals surface area contributed by atoms with Crippen molar-refractivity contribution in [3.63, 3.8) is 0 Å². The summed E-state index contributed by atoms with van der Waals surface area (Å²) in [4.78, 5) is 37.2. The Labute approximate surface area is 173 Å². The van der Waals surface area contributed by atoms with E-state index in [9.17, 15) is 14.4 Å². The van der Waals surface area contributed by atoms with Gasteiger partial charge in [-0.25, -0.2) is 9.48 Å². The van der Waals surface area contributed by atoms with Crippen LogP contribution >= 0.6 is 23.2 Å². The van der Waals surface area contributed by atoms with E-state index < -0.39 is 11.7 Å². The molecule has 0 unspecified atom stereocenters. The summed E-state index contributed by atoms with van der Waals surface area (Å²) in [5, 5.41) is 9.97. The molecule has 0 aliphatic heterocycles. The molecule has 152 valence electrons. The minimum atomic E-state index is -0.861. The molecular formula is C17H15Cl2N5O5. The number of halogens is 2. The van der Waals surface area contributed by atoms with Crippen molar-refractivity contribution < 1.29 is 14.1 Å². The zero-order chi connectivity index (χ0) is 21.3. The summed E-state index contributed by atoms with van der Waals surface area (Å²) in [6.45, 7) is 3.75. The number of nitrogens with zero attached hydrogens (tertiary/aromatic N) is 3. The largest absolute Gasteiger partial charge is 0.439 e. The Morgan fingerprint density at radius 1 is 1.24 bits per heavy atom. The molecule has 0 spiro atoms. The molecule has 2 aromatic heterocycles. The SMILES string of the molecule is CC(C)c1cc(Oc2c(Cl)cc(NC(=O)c3noc(=O)[nH]3)cc2Cl)nn(C)c1=O. The maximum Gasteiger partial charge on any atom is 0.439 e. The summed E-state index contributed by atoms with van der Waals surface area (Å²) in [6.07, 6.45) is 0. The van der Waals surface area contributed by atoms with Crippen molar-refractivity contribution in [2.45, 2.75) is 19.8 Å². The first-order valence-electron chi connectivity index (χ1n) is 8.28. The normalized spacial score (nSPS) is 11.0. The van der Waals surface area contributed by atoms with Crippen molar-refractivity contribution in [1.29, 1.82) is 0 Å². The van der Waals surface area contributed by atoms with Gasteiger partial charge in [0.15, 0.2) is 5.75 Å². The fourth-order valence-corrected chi connectivity index (χ4v) is 2.98. The van der Waals surface area contributed by atoms with Crippen molar-refractivity contribution in [1.82, 2.24) is 19.9 Å². The summed E-state index contributed by atoms with van der Waals surface area (Å²) in [5.41, 5.74) is 0.529. The van der Waals surface area contributed by atoms with Crippen LogP contribution in [0.15, 0.2) is 32.3 Å². The van der Waals surface area contributed by atoms with E-state index in [2.05, 4.69) is 25.1 Å². The van der Waals surface area contributed by atoms with Crippen molar-refractivity contribution in [3.8, 4) is 11.6 Å². The number of ether oxygens (including phenoxy) is 1. The van der Waals surface area contributed by atoms with Crippen LogP contribution in [0.3, 0.4) is 0 Å². The molecule has 2 N–H and O–H groups in total. The topological polar surface area (TPSA) is 132 Å². The molecule has 1 aromatic carbocycles. The van der Waals surface area contributed by atoms with E-state index >= 15 is 0 Å². The molecule has 29 heavy (non-hydrogen) atoms. The molecule has 0 radical (unpaired) electrons. The Hall–Kier alpha value is -3.11. The summed E-state index contributed by atoms with van der Waals surface area (Å²) in [6, 6.07) is 4.31. The van der Waals surface area contributed by atoms with E-state index in [-0.39, 0.29) is 44.7 Å². The van der Waals surface area contributed by atoms with Crippen molar-refractivity contribution >= 4 is 34.8 Å². The molecular weight excluding hydrogens is 425 g/mol. The molecule has 0 saturated heterocycles. The van der Waals surface area contributed by atoms with Gasteiger partial charge in [-0.2, -0.15) is 0 Å². The third-order valence-electron chi connectivity index (χ3n) is 3.81. The van der Waals surface area contributed by atoms with Crippen LogP contribution in [0, 0.1) is 0 Å². The fourth-order valence-electron chi connectivity index (χ4n) is 2.42. The van der Waals surface area contributed by atoms with E-state index in [1.165, 1.54) is 29.9 Å². The lowest BCUT2D eigenvalue weighted by Gasteiger charge is -2.13. The lowest BCUT2D eigenvalue weighted by molar-refractivity contribution is 0.101. The average Bonchev–Trinajstić information content (AvgIpc) is 3.07. The number of hydrogen-bond acceptors (Lipinski definition) is 7. The number of aromatic nitrogens is 4. The molecule has 0 atom stereocenters. The Morgan fingerprint density at radius 3 is 2.45 bits per heavy atom. The van der Waals surface area contributed by atoms with Gasteiger partial charge < -0.3 is 10.1 Å². The highest BCUT2D eigenvalue weighted by atomic mass is 35.5. The number of amides is 1. The second-order valence-electron chi connectivity index (χ2n) is 6.29. The van der Waals surface area contributed by atoms with Crippen LogP contribution in [0.2, 0.25) is 10.0 Å². The Kier molecular flexibility index (Phi) is 5.76. The Bertz CT molecular complexity index is 1170. The number of rotatable bonds is 5. The van der Waals surface area contributed by atoms with Crippen molar-refractivity contribution in [3.05, 3.63) is 60.5 Å². The van der Waals surface area contributed by atoms with Crippen LogP contribution in [0.1, 0.15) is 35.9 Å². The van der Waals surface area contributed by atoms with Gasteiger partial charge in [0.2, 0.25) is 11.7 Å². The van der Waals surface area contributed by atoms with Gasteiger partial charge >= 0.3 is 5.76 Å². The van der Waals surface area contributed by atoms with Crippen LogP contribution in [-0.2, 0) is 7.05 Å². The molecule has 3 rings (SSSR count). The number of benzene rings is 1. The Balaban J connectivity index is 1.88. The molecule has 3 aromatic rings. The molecule has 0 aliphatic rings. The summed E-state index contributed by atoms with van der Waals surface area (Å²) < 4.78 is 11.1. The zero-order valence-electron chi connectivity index (χ0n) is 15.4. The van der Waals surface area contributed by atoms with Crippen LogP contribution in [-0.4, -0.2) is 25.8 Å². The van der Waals surface area contributed by atoms with E-state index in [1.54, 1.807) is 0 Å². The lowest BCUT2D eigenvalue weighted by Crippen LogP contribution is -2.24.